The molecule has 0 rings (SSSR count). The van der Waals surface area contributed by atoms with E-state index in [2.05, 4.69) is 18.0 Å². The van der Waals surface area contributed by atoms with Gasteiger partial charge in [0.2, 0.25) is 0 Å². The molecule has 0 atom stereocenters. The van der Waals surface area contributed by atoms with Gasteiger partial charge in [-0.3, -0.25) is 18.3 Å². The summed E-state index contributed by atoms with van der Waals surface area (Å²) in [6.45, 7) is 6.03. The minimum Gasteiger partial charge on any atom is -0.375 e. The first-order valence-electron chi connectivity index (χ1n) is 10.4. The van der Waals surface area contributed by atoms with Gasteiger partial charge in [0.15, 0.2) is 17.2 Å². The van der Waals surface area contributed by atoms with Crippen LogP contribution in [0, 0.1) is 0 Å². The average Bonchev–Trinajstić information content (AvgIpc) is 2.66. The van der Waals surface area contributed by atoms with E-state index >= 15 is 0 Å². The van der Waals surface area contributed by atoms with Crippen LogP contribution in [0.3, 0.4) is 0 Å². The van der Waals surface area contributed by atoms with E-state index in [4.69, 9.17) is 4.55 Å². The number of rotatable bonds is 16. The van der Waals surface area contributed by atoms with E-state index in [0.717, 1.165) is 45.6 Å². The summed E-state index contributed by atoms with van der Waals surface area (Å²) in [6, 6.07) is 0. The van der Waals surface area contributed by atoms with Crippen molar-refractivity contribution in [2.24, 2.45) is 0 Å². The quantitative estimate of drug-likeness (QED) is 0.214. The third kappa shape index (κ3) is 15.1. The maximum atomic E-state index is 12.2. The molecule has 0 amide bonds. The lowest BCUT2D eigenvalue weighted by Gasteiger charge is -2.23. The highest BCUT2D eigenvalue weighted by atomic mass is 32.3. The fourth-order valence-corrected chi connectivity index (χ4v) is 2.74. The lowest BCUT2D eigenvalue weighted by molar-refractivity contribution is -0.151. The summed E-state index contributed by atoms with van der Waals surface area (Å²) >= 11 is 0. The molecule has 0 saturated carbocycles. The van der Waals surface area contributed by atoms with Crippen molar-refractivity contribution in [2.75, 3.05) is 7.11 Å². The molecule has 0 aliphatic heterocycles. The van der Waals surface area contributed by atoms with Gasteiger partial charge in [-0.2, -0.15) is 8.42 Å². The first-order chi connectivity index (χ1) is 13.1. The number of hydrogen-bond acceptors (Lipinski definition) is 6. The van der Waals surface area contributed by atoms with Crippen LogP contribution in [0.1, 0.15) is 104 Å². The summed E-state index contributed by atoms with van der Waals surface area (Å²) in [7, 11) is -3.29. The van der Waals surface area contributed by atoms with Gasteiger partial charge in [0.25, 0.3) is 0 Å². The summed E-state index contributed by atoms with van der Waals surface area (Å²) in [4.78, 5) is 24.5. The summed E-state index contributed by atoms with van der Waals surface area (Å²) in [6.07, 6.45) is 11.4. The molecule has 0 saturated heterocycles. The fourth-order valence-electron chi connectivity index (χ4n) is 2.74. The Morgan fingerprint density at radius 2 is 1.11 bits per heavy atom. The minimum atomic E-state index is -4.16. The third-order valence-electron chi connectivity index (χ3n) is 4.66. The van der Waals surface area contributed by atoms with Crippen LogP contribution in [-0.4, -0.2) is 42.4 Å². The van der Waals surface area contributed by atoms with Gasteiger partial charge in [0.05, 0.1) is 7.11 Å². The number of aliphatic hydroxyl groups is 1. The van der Waals surface area contributed by atoms with Crippen molar-refractivity contribution < 1.29 is 31.8 Å². The molecule has 8 heteroatoms. The Balaban J connectivity index is 0. The SMILES string of the molecule is CCCCCCCC(=O)C(O)(CC)C(=O)CCCCCCC.COS(=O)(=O)O. The standard InChI is InChI=1S/C19H36O3.CH4O4S/c1-4-7-9-11-13-15-17(20)19(22,6-3)18(21)16-14-12-10-8-5-2;1-5-6(2,3)4/h22H,4-16H2,1-3H3;1H3,(H,2,3,4). The Morgan fingerprint density at radius 1 is 0.786 bits per heavy atom. The Labute approximate surface area is 171 Å². The lowest BCUT2D eigenvalue weighted by Crippen LogP contribution is -2.46. The van der Waals surface area contributed by atoms with Gasteiger partial charge >= 0.3 is 10.4 Å². The van der Waals surface area contributed by atoms with Gasteiger partial charge < -0.3 is 5.11 Å². The first-order valence-corrected chi connectivity index (χ1v) is 11.8. The summed E-state index contributed by atoms with van der Waals surface area (Å²) in [5.41, 5.74) is -1.73. The van der Waals surface area contributed by atoms with E-state index < -0.39 is 16.0 Å². The highest BCUT2D eigenvalue weighted by Crippen LogP contribution is 2.21. The summed E-state index contributed by atoms with van der Waals surface area (Å²) in [5.74, 6) is -0.546. The van der Waals surface area contributed by atoms with Crippen LogP contribution in [0.15, 0.2) is 0 Å². The predicted molar refractivity (Wildman–Crippen MR) is 111 cm³/mol. The third-order valence-corrected chi connectivity index (χ3v) is 5.08. The van der Waals surface area contributed by atoms with E-state index in [1.54, 1.807) is 6.92 Å². The van der Waals surface area contributed by atoms with Crippen LogP contribution < -0.4 is 0 Å². The number of ketones is 2. The monoisotopic (exact) mass is 424 g/mol. The second-order valence-electron chi connectivity index (χ2n) is 6.98. The van der Waals surface area contributed by atoms with Crippen LogP contribution in [0.5, 0.6) is 0 Å². The molecule has 0 aromatic carbocycles. The number of carbonyl (C=O) groups excluding carboxylic acids is 2. The van der Waals surface area contributed by atoms with Gasteiger partial charge in [-0.15, -0.1) is 0 Å². The molecule has 0 bridgehead atoms. The van der Waals surface area contributed by atoms with Gasteiger partial charge in [-0.05, 0) is 19.3 Å². The molecule has 0 aliphatic carbocycles. The van der Waals surface area contributed by atoms with E-state index in [1.807, 2.05) is 0 Å². The molecule has 2 N–H and O–H groups in total. The zero-order chi connectivity index (χ0) is 22.1. The van der Waals surface area contributed by atoms with E-state index in [0.29, 0.717) is 12.8 Å². The Kier molecular flexibility index (Phi) is 17.9. The Morgan fingerprint density at radius 3 is 1.36 bits per heavy atom. The average molecular weight is 425 g/mol. The second kappa shape index (κ2) is 17.1. The Bertz CT molecular complexity index is 489. The van der Waals surface area contributed by atoms with Crippen molar-refractivity contribution in [1.82, 2.24) is 0 Å². The minimum absolute atomic E-state index is 0.203. The highest BCUT2D eigenvalue weighted by molar-refractivity contribution is 7.80. The van der Waals surface area contributed by atoms with Crippen LogP contribution in [0.4, 0.5) is 0 Å². The molecule has 28 heavy (non-hydrogen) atoms. The topological polar surface area (TPSA) is 118 Å². The number of Topliss-reactive ketones (excluding diaryl/α,β-unsaturated/α-hetero) is 2. The predicted octanol–water partition coefficient (Wildman–Crippen LogP) is 4.42. The van der Waals surface area contributed by atoms with Crippen molar-refractivity contribution in [3.63, 3.8) is 0 Å². The van der Waals surface area contributed by atoms with Gasteiger partial charge in [0, 0.05) is 12.8 Å². The van der Waals surface area contributed by atoms with E-state index in [1.165, 1.54) is 25.7 Å². The van der Waals surface area contributed by atoms with Crippen molar-refractivity contribution in [1.29, 1.82) is 0 Å². The summed E-state index contributed by atoms with van der Waals surface area (Å²) < 4.78 is 29.7. The molecule has 0 radical (unpaired) electrons. The number of carbonyl (C=O) groups is 2. The van der Waals surface area contributed by atoms with E-state index in [9.17, 15) is 23.1 Å². The molecule has 0 unspecified atom stereocenters. The fraction of sp³-hybridized carbons (Fsp3) is 0.900. The number of unbranched alkanes of at least 4 members (excludes halogenated alkanes) is 8. The molecule has 7 nitrogen and oxygen atoms in total. The Hall–Kier alpha value is -0.830. The van der Waals surface area contributed by atoms with Crippen LogP contribution in [0.25, 0.3) is 0 Å². The lowest BCUT2D eigenvalue weighted by atomic mass is 9.85. The van der Waals surface area contributed by atoms with Gasteiger partial charge in [0.1, 0.15) is 0 Å². The molecule has 0 aromatic heterocycles. The van der Waals surface area contributed by atoms with Crippen molar-refractivity contribution in [2.45, 2.75) is 110 Å². The molecule has 0 spiro atoms. The molecule has 0 aliphatic rings. The van der Waals surface area contributed by atoms with Crippen molar-refractivity contribution >= 4 is 22.0 Å². The van der Waals surface area contributed by atoms with Crippen LogP contribution in [-0.2, 0) is 24.2 Å². The van der Waals surface area contributed by atoms with Crippen molar-refractivity contribution in [3.05, 3.63) is 0 Å². The normalized spacial score (nSPS) is 11.6. The van der Waals surface area contributed by atoms with Gasteiger partial charge in [-0.1, -0.05) is 72.1 Å². The van der Waals surface area contributed by atoms with Crippen molar-refractivity contribution in [3.8, 4) is 0 Å². The van der Waals surface area contributed by atoms with Crippen LogP contribution in [0.2, 0.25) is 0 Å². The summed E-state index contributed by atoms with van der Waals surface area (Å²) in [5, 5.41) is 10.5. The molecular formula is C20H40O7S. The maximum Gasteiger partial charge on any atom is 0.397 e. The highest BCUT2D eigenvalue weighted by Gasteiger charge is 2.39. The van der Waals surface area contributed by atoms with E-state index in [-0.39, 0.29) is 18.0 Å². The molecule has 0 heterocycles. The first kappa shape index (κ1) is 29.4. The zero-order valence-corrected chi connectivity index (χ0v) is 18.9. The molecule has 0 aromatic rings. The maximum absolute atomic E-state index is 12.2. The molecule has 0 fully saturated rings. The largest absolute Gasteiger partial charge is 0.397 e. The zero-order valence-electron chi connectivity index (χ0n) is 18.0. The van der Waals surface area contributed by atoms with Crippen LogP contribution >= 0.6 is 0 Å². The molecule has 168 valence electrons. The van der Waals surface area contributed by atoms with Gasteiger partial charge in [-0.25, -0.2) is 0 Å². The smallest absolute Gasteiger partial charge is 0.375 e. The second-order valence-corrected chi connectivity index (χ2v) is 8.17. The number of hydrogen-bond donors (Lipinski definition) is 2. The molecular weight excluding hydrogens is 384 g/mol.